The third-order valence-electron chi connectivity index (χ3n) is 2.60. The van der Waals surface area contributed by atoms with Crippen LogP contribution in [0.5, 0.6) is 0 Å². The lowest BCUT2D eigenvalue weighted by Crippen LogP contribution is -2.16. The zero-order valence-electron chi connectivity index (χ0n) is 10.7. The van der Waals surface area contributed by atoms with Gasteiger partial charge in [-0.2, -0.15) is 0 Å². The molecule has 0 atom stereocenters. The summed E-state index contributed by atoms with van der Waals surface area (Å²) in [6.07, 6.45) is 0.360. The molecule has 0 aliphatic rings. The zero-order chi connectivity index (χ0) is 14.4. The quantitative estimate of drug-likeness (QED) is 0.857. The van der Waals surface area contributed by atoms with Crippen LogP contribution in [-0.4, -0.2) is 12.5 Å². The average molecular weight is 309 g/mol. The van der Waals surface area contributed by atoms with Crippen molar-refractivity contribution in [2.45, 2.75) is 6.42 Å². The van der Waals surface area contributed by atoms with Gasteiger partial charge in [-0.05, 0) is 30.3 Å². The fourth-order valence-corrected chi connectivity index (χ4v) is 2.25. The SMILES string of the molecule is O=C(CCNc1cc(Cl)cc(Cl)c1)Nc1ccccc1. The minimum atomic E-state index is -0.0446. The summed E-state index contributed by atoms with van der Waals surface area (Å²) in [6, 6.07) is 14.6. The number of hydrogen-bond acceptors (Lipinski definition) is 2. The van der Waals surface area contributed by atoms with Gasteiger partial charge in [-0.3, -0.25) is 4.79 Å². The molecule has 0 bridgehead atoms. The van der Waals surface area contributed by atoms with E-state index >= 15 is 0 Å². The van der Waals surface area contributed by atoms with E-state index < -0.39 is 0 Å². The summed E-state index contributed by atoms with van der Waals surface area (Å²) in [5.41, 5.74) is 1.60. The molecule has 0 radical (unpaired) electrons. The third kappa shape index (κ3) is 4.76. The molecule has 2 N–H and O–H groups in total. The second-order valence-corrected chi connectivity index (χ2v) is 5.12. The maximum absolute atomic E-state index is 11.7. The Balaban J connectivity index is 1.79. The predicted molar refractivity (Wildman–Crippen MR) is 84.6 cm³/mol. The van der Waals surface area contributed by atoms with E-state index in [-0.39, 0.29) is 5.91 Å². The van der Waals surface area contributed by atoms with Gasteiger partial charge in [0, 0.05) is 34.4 Å². The zero-order valence-corrected chi connectivity index (χ0v) is 12.2. The van der Waals surface area contributed by atoms with Gasteiger partial charge in [-0.15, -0.1) is 0 Å². The monoisotopic (exact) mass is 308 g/mol. The summed E-state index contributed by atoms with van der Waals surface area (Å²) in [7, 11) is 0. The first-order valence-corrected chi connectivity index (χ1v) is 6.94. The van der Waals surface area contributed by atoms with Gasteiger partial charge in [0.05, 0.1) is 0 Å². The Labute approximate surface area is 127 Å². The molecule has 20 heavy (non-hydrogen) atoms. The lowest BCUT2D eigenvalue weighted by molar-refractivity contribution is -0.115. The molecule has 2 rings (SSSR count). The Morgan fingerprint density at radius 1 is 0.950 bits per heavy atom. The van der Waals surface area contributed by atoms with Crippen molar-refractivity contribution in [2.75, 3.05) is 17.2 Å². The molecule has 0 aliphatic heterocycles. The lowest BCUT2D eigenvalue weighted by atomic mass is 10.3. The summed E-state index contributed by atoms with van der Waals surface area (Å²) in [6.45, 7) is 0.509. The summed E-state index contributed by atoms with van der Waals surface area (Å²) in [5.74, 6) is -0.0446. The first-order chi connectivity index (χ1) is 9.63. The van der Waals surface area contributed by atoms with Crippen molar-refractivity contribution in [3.8, 4) is 0 Å². The Bertz CT molecular complexity index is 567. The first kappa shape index (κ1) is 14.7. The molecule has 104 valence electrons. The largest absolute Gasteiger partial charge is 0.384 e. The number of carbonyl (C=O) groups excluding carboxylic acids is 1. The minimum absolute atomic E-state index is 0.0446. The van der Waals surface area contributed by atoms with Gasteiger partial charge in [0.15, 0.2) is 0 Å². The van der Waals surface area contributed by atoms with Gasteiger partial charge in [0.1, 0.15) is 0 Å². The number of carbonyl (C=O) groups is 1. The molecule has 3 nitrogen and oxygen atoms in total. The number of halogens is 2. The van der Waals surface area contributed by atoms with Crippen LogP contribution in [0.2, 0.25) is 10.0 Å². The van der Waals surface area contributed by atoms with Crippen LogP contribution in [0.15, 0.2) is 48.5 Å². The van der Waals surface area contributed by atoms with Crippen LogP contribution in [0.25, 0.3) is 0 Å². The van der Waals surface area contributed by atoms with Crippen molar-refractivity contribution in [2.24, 2.45) is 0 Å². The van der Waals surface area contributed by atoms with E-state index in [1.807, 2.05) is 30.3 Å². The second-order valence-electron chi connectivity index (χ2n) is 4.25. The summed E-state index contributed by atoms with van der Waals surface area (Å²) >= 11 is 11.8. The number of hydrogen-bond donors (Lipinski definition) is 2. The Morgan fingerprint density at radius 2 is 1.60 bits per heavy atom. The van der Waals surface area contributed by atoms with E-state index in [1.54, 1.807) is 18.2 Å². The normalized spacial score (nSPS) is 10.1. The number of amides is 1. The Morgan fingerprint density at radius 3 is 2.25 bits per heavy atom. The maximum atomic E-state index is 11.7. The molecule has 5 heteroatoms. The molecular formula is C15H14Cl2N2O. The number of rotatable bonds is 5. The van der Waals surface area contributed by atoms with E-state index in [9.17, 15) is 4.79 Å². The van der Waals surface area contributed by atoms with Gasteiger partial charge in [0.2, 0.25) is 5.91 Å². The van der Waals surface area contributed by atoms with Crippen LogP contribution >= 0.6 is 23.2 Å². The maximum Gasteiger partial charge on any atom is 0.226 e. The molecular weight excluding hydrogens is 295 g/mol. The molecule has 0 saturated carbocycles. The van der Waals surface area contributed by atoms with Crippen molar-refractivity contribution < 1.29 is 4.79 Å². The smallest absolute Gasteiger partial charge is 0.226 e. The number of anilines is 2. The van der Waals surface area contributed by atoms with E-state index in [1.165, 1.54) is 0 Å². The van der Waals surface area contributed by atoms with Gasteiger partial charge in [0.25, 0.3) is 0 Å². The average Bonchev–Trinajstić information content (AvgIpc) is 2.38. The summed E-state index contributed by atoms with van der Waals surface area (Å²) < 4.78 is 0. The molecule has 2 aromatic rings. The molecule has 0 aromatic heterocycles. The van der Waals surface area contributed by atoms with Crippen LogP contribution in [0.1, 0.15) is 6.42 Å². The van der Waals surface area contributed by atoms with Gasteiger partial charge < -0.3 is 10.6 Å². The molecule has 0 aliphatic carbocycles. The van der Waals surface area contributed by atoms with Crippen LogP contribution < -0.4 is 10.6 Å². The highest BCUT2D eigenvalue weighted by Gasteiger charge is 2.02. The molecule has 0 fully saturated rings. The lowest BCUT2D eigenvalue weighted by Gasteiger charge is -2.08. The summed E-state index contributed by atoms with van der Waals surface area (Å²) in [4.78, 5) is 11.7. The first-order valence-electron chi connectivity index (χ1n) is 6.18. The molecule has 0 spiro atoms. The minimum Gasteiger partial charge on any atom is -0.384 e. The van der Waals surface area contributed by atoms with E-state index in [0.29, 0.717) is 23.0 Å². The Hall–Kier alpha value is -1.71. The highest BCUT2D eigenvalue weighted by Crippen LogP contribution is 2.22. The van der Waals surface area contributed by atoms with Crippen LogP contribution in [0, 0.1) is 0 Å². The van der Waals surface area contributed by atoms with Gasteiger partial charge >= 0.3 is 0 Å². The second kappa shape index (κ2) is 7.17. The fraction of sp³-hybridized carbons (Fsp3) is 0.133. The topological polar surface area (TPSA) is 41.1 Å². The molecule has 2 aromatic carbocycles. The van der Waals surface area contributed by atoms with E-state index in [2.05, 4.69) is 10.6 Å². The number of para-hydroxylation sites is 1. The summed E-state index contributed by atoms with van der Waals surface area (Å²) in [5, 5.41) is 7.06. The molecule has 1 amide bonds. The number of benzene rings is 2. The third-order valence-corrected chi connectivity index (χ3v) is 3.04. The highest BCUT2D eigenvalue weighted by atomic mass is 35.5. The standard InChI is InChI=1S/C15H14Cl2N2O/c16-11-8-12(17)10-14(9-11)18-7-6-15(20)19-13-4-2-1-3-5-13/h1-5,8-10,18H,6-7H2,(H,19,20). The fourth-order valence-electron chi connectivity index (χ4n) is 1.72. The van der Waals surface area contributed by atoms with Crippen LogP contribution in [0.3, 0.4) is 0 Å². The number of nitrogens with one attached hydrogen (secondary N) is 2. The van der Waals surface area contributed by atoms with Crippen molar-refractivity contribution in [1.82, 2.24) is 0 Å². The highest BCUT2D eigenvalue weighted by molar-refractivity contribution is 6.35. The van der Waals surface area contributed by atoms with Crippen molar-refractivity contribution in [3.63, 3.8) is 0 Å². The predicted octanol–water partition coefficient (Wildman–Crippen LogP) is 4.43. The van der Waals surface area contributed by atoms with Gasteiger partial charge in [-0.25, -0.2) is 0 Å². The van der Waals surface area contributed by atoms with E-state index in [0.717, 1.165) is 11.4 Å². The Kier molecular flexibility index (Phi) is 5.27. The van der Waals surface area contributed by atoms with Crippen molar-refractivity contribution in [3.05, 3.63) is 58.6 Å². The van der Waals surface area contributed by atoms with Crippen LogP contribution in [-0.2, 0) is 4.79 Å². The van der Waals surface area contributed by atoms with Crippen molar-refractivity contribution in [1.29, 1.82) is 0 Å². The molecule has 0 heterocycles. The van der Waals surface area contributed by atoms with Crippen LogP contribution in [0.4, 0.5) is 11.4 Å². The van der Waals surface area contributed by atoms with Gasteiger partial charge in [-0.1, -0.05) is 41.4 Å². The molecule has 0 unspecified atom stereocenters. The van der Waals surface area contributed by atoms with Crippen molar-refractivity contribution >= 4 is 40.5 Å². The van der Waals surface area contributed by atoms with E-state index in [4.69, 9.17) is 23.2 Å². The molecule has 0 saturated heterocycles.